The number of nitro groups is 1. The minimum atomic E-state index is -0.467. The van der Waals surface area contributed by atoms with Crippen LogP contribution in [0.5, 0.6) is 0 Å². The number of hydrogen-bond acceptors (Lipinski definition) is 7. The highest BCUT2D eigenvalue weighted by atomic mass is 32.1. The first-order chi connectivity index (χ1) is 13.8. The zero-order chi connectivity index (χ0) is 21.1. The van der Waals surface area contributed by atoms with Crippen LogP contribution < -0.4 is 4.90 Å². The number of aryl methyl sites for hydroxylation is 2. The van der Waals surface area contributed by atoms with Gasteiger partial charge in [-0.15, -0.1) is 0 Å². The van der Waals surface area contributed by atoms with Crippen molar-refractivity contribution in [1.29, 1.82) is 0 Å². The van der Waals surface area contributed by atoms with E-state index < -0.39 is 4.92 Å². The molecule has 1 aromatic carbocycles. The number of amides is 1. The van der Waals surface area contributed by atoms with Crippen LogP contribution in [0.1, 0.15) is 34.6 Å². The number of fused-ring (bicyclic) bond motifs is 1. The van der Waals surface area contributed by atoms with E-state index >= 15 is 0 Å². The van der Waals surface area contributed by atoms with Gasteiger partial charge in [0.2, 0.25) is 0 Å². The number of thiazole rings is 1. The molecule has 29 heavy (non-hydrogen) atoms. The maximum atomic E-state index is 13.3. The Balaban J connectivity index is 1.99. The summed E-state index contributed by atoms with van der Waals surface area (Å²) in [7, 11) is 0. The minimum Gasteiger partial charge on any atom is -0.302 e. The summed E-state index contributed by atoms with van der Waals surface area (Å²) in [4.78, 5) is 32.8. The molecule has 0 fully saturated rings. The predicted octanol–water partition coefficient (Wildman–Crippen LogP) is 4.87. The molecule has 0 atom stereocenters. The van der Waals surface area contributed by atoms with Crippen LogP contribution in [0.2, 0.25) is 0 Å². The molecule has 1 amide bonds. The highest BCUT2D eigenvalue weighted by Crippen LogP contribution is 2.34. The molecule has 2 aromatic heterocycles. The Bertz CT molecular complexity index is 1040. The number of nitrogens with zero attached hydrogens (tertiary/aromatic N) is 4. The number of hydrogen-bond donors (Lipinski definition) is 0. The van der Waals surface area contributed by atoms with E-state index in [2.05, 4.69) is 24.8 Å². The summed E-state index contributed by atoms with van der Waals surface area (Å²) >= 11 is 2.38. The molecule has 0 aliphatic carbocycles. The van der Waals surface area contributed by atoms with E-state index in [1.807, 2.05) is 19.9 Å². The number of rotatable bonds is 8. The third kappa shape index (κ3) is 4.47. The largest absolute Gasteiger partial charge is 0.324 e. The third-order valence-corrected chi connectivity index (χ3v) is 7.13. The van der Waals surface area contributed by atoms with Crippen LogP contribution >= 0.6 is 22.7 Å². The molecule has 3 aromatic rings. The molecule has 3 rings (SSSR count). The van der Waals surface area contributed by atoms with Gasteiger partial charge in [-0.2, -0.15) is 0 Å². The van der Waals surface area contributed by atoms with E-state index in [0.717, 1.165) is 45.8 Å². The van der Waals surface area contributed by atoms with Gasteiger partial charge in [0.25, 0.3) is 5.91 Å². The van der Waals surface area contributed by atoms with Gasteiger partial charge in [0.15, 0.2) is 5.13 Å². The van der Waals surface area contributed by atoms with Gasteiger partial charge in [0.1, 0.15) is 0 Å². The quantitative estimate of drug-likeness (QED) is 0.375. The van der Waals surface area contributed by atoms with Crippen molar-refractivity contribution in [3.63, 3.8) is 0 Å². The summed E-state index contributed by atoms with van der Waals surface area (Å²) in [6.45, 7) is 11.2. The lowest BCUT2D eigenvalue weighted by Gasteiger charge is -2.24. The van der Waals surface area contributed by atoms with Crippen molar-refractivity contribution >= 4 is 48.9 Å². The van der Waals surface area contributed by atoms with Gasteiger partial charge >= 0.3 is 5.00 Å². The zero-order valence-corrected chi connectivity index (χ0v) is 18.6. The molecule has 0 radical (unpaired) electrons. The molecule has 0 aliphatic rings. The molecule has 0 bridgehead atoms. The Morgan fingerprint density at radius 3 is 2.45 bits per heavy atom. The molecular weight excluding hydrogens is 408 g/mol. The van der Waals surface area contributed by atoms with E-state index in [4.69, 9.17) is 4.98 Å². The summed E-state index contributed by atoms with van der Waals surface area (Å²) in [5.74, 6) is -0.247. The fourth-order valence-corrected chi connectivity index (χ4v) is 4.89. The molecule has 2 heterocycles. The van der Waals surface area contributed by atoms with Crippen molar-refractivity contribution in [3.05, 3.63) is 50.4 Å². The van der Waals surface area contributed by atoms with Gasteiger partial charge in [0.05, 0.1) is 20.0 Å². The van der Waals surface area contributed by atoms with Gasteiger partial charge in [0, 0.05) is 19.2 Å². The second-order valence-corrected chi connectivity index (χ2v) is 8.80. The average Bonchev–Trinajstić information content (AvgIpc) is 3.36. The van der Waals surface area contributed by atoms with Crippen LogP contribution in [0, 0.1) is 24.0 Å². The van der Waals surface area contributed by atoms with Crippen molar-refractivity contribution < 1.29 is 9.72 Å². The standard InChI is InChI=1S/C20H24N4O3S2/c1-5-22(6-2)11-12-23(19(25)16-9-10-17(28-16)24(26)27)20-21-18-14(4)13(3)7-8-15(18)29-20/h7-10H,5-6,11-12H2,1-4H3. The summed E-state index contributed by atoms with van der Waals surface area (Å²) < 4.78 is 1.03. The Morgan fingerprint density at radius 2 is 1.83 bits per heavy atom. The summed E-state index contributed by atoms with van der Waals surface area (Å²) in [6, 6.07) is 7.00. The first-order valence-corrected chi connectivity index (χ1v) is 11.1. The highest BCUT2D eigenvalue weighted by molar-refractivity contribution is 7.22. The van der Waals surface area contributed by atoms with Gasteiger partial charge in [-0.05, 0) is 50.2 Å². The number of likely N-dealkylation sites (N-methyl/N-ethyl adjacent to an activating group) is 1. The van der Waals surface area contributed by atoms with Crippen molar-refractivity contribution in [2.45, 2.75) is 27.7 Å². The Morgan fingerprint density at radius 1 is 1.10 bits per heavy atom. The van der Waals surface area contributed by atoms with Gasteiger partial charge < -0.3 is 4.90 Å². The molecule has 0 N–H and O–H groups in total. The van der Waals surface area contributed by atoms with Gasteiger partial charge in [-0.25, -0.2) is 4.98 Å². The average molecular weight is 433 g/mol. The molecule has 0 unspecified atom stereocenters. The summed E-state index contributed by atoms with van der Waals surface area (Å²) in [6.07, 6.45) is 0. The molecule has 0 aliphatic heterocycles. The first-order valence-electron chi connectivity index (χ1n) is 9.50. The molecule has 7 nitrogen and oxygen atoms in total. The minimum absolute atomic E-state index is 0.0344. The molecule has 9 heteroatoms. The molecule has 154 valence electrons. The second-order valence-electron chi connectivity index (χ2n) is 6.73. The smallest absolute Gasteiger partial charge is 0.302 e. The SMILES string of the molecule is CCN(CC)CCN(C(=O)c1ccc([N+](=O)[O-])s1)c1nc2c(C)c(C)ccc2s1. The number of benzene rings is 1. The third-order valence-electron chi connectivity index (χ3n) is 5.07. The fraction of sp³-hybridized carbons (Fsp3) is 0.400. The van der Waals surface area contributed by atoms with Crippen LogP contribution in [0.4, 0.5) is 10.1 Å². The number of anilines is 1. The molecule has 0 saturated carbocycles. The van der Waals surface area contributed by atoms with Gasteiger partial charge in [-0.3, -0.25) is 19.8 Å². The summed E-state index contributed by atoms with van der Waals surface area (Å²) in [5, 5.41) is 11.6. The van der Waals surface area contributed by atoms with Crippen LogP contribution in [0.3, 0.4) is 0 Å². The van der Waals surface area contributed by atoms with Crippen molar-refractivity contribution in [2.24, 2.45) is 0 Å². The topological polar surface area (TPSA) is 79.6 Å². The number of aromatic nitrogens is 1. The lowest BCUT2D eigenvalue weighted by molar-refractivity contribution is -0.380. The van der Waals surface area contributed by atoms with Crippen molar-refractivity contribution in [1.82, 2.24) is 9.88 Å². The van der Waals surface area contributed by atoms with Crippen molar-refractivity contribution in [2.75, 3.05) is 31.1 Å². The maximum absolute atomic E-state index is 13.3. The monoisotopic (exact) mass is 432 g/mol. The second kappa shape index (κ2) is 8.98. The Hall–Kier alpha value is -2.36. The Labute approximate surface area is 177 Å². The van der Waals surface area contributed by atoms with Crippen molar-refractivity contribution in [3.8, 4) is 0 Å². The van der Waals surface area contributed by atoms with E-state index in [-0.39, 0.29) is 10.9 Å². The van der Waals surface area contributed by atoms with Crippen LogP contribution in [-0.4, -0.2) is 46.9 Å². The Kier molecular flexibility index (Phi) is 6.61. The van der Waals surface area contributed by atoms with E-state index in [9.17, 15) is 14.9 Å². The van der Waals surface area contributed by atoms with Crippen LogP contribution in [-0.2, 0) is 0 Å². The number of carbonyl (C=O) groups excluding carboxylic acids is 1. The number of carbonyl (C=O) groups is 1. The number of thiophene rings is 1. The first kappa shape index (κ1) is 21.4. The maximum Gasteiger partial charge on any atom is 0.324 e. The lowest BCUT2D eigenvalue weighted by atomic mass is 10.1. The van der Waals surface area contributed by atoms with Crippen LogP contribution in [0.25, 0.3) is 10.2 Å². The zero-order valence-electron chi connectivity index (χ0n) is 17.0. The lowest BCUT2D eigenvalue weighted by Crippen LogP contribution is -2.38. The van der Waals surface area contributed by atoms with E-state index in [1.54, 1.807) is 4.90 Å². The summed E-state index contributed by atoms with van der Waals surface area (Å²) in [5.41, 5.74) is 3.17. The van der Waals surface area contributed by atoms with E-state index in [1.165, 1.54) is 23.5 Å². The highest BCUT2D eigenvalue weighted by Gasteiger charge is 2.25. The molecule has 0 saturated heterocycles. The molecular formula is C20H24N4O3S2. The normalized spacial score (nSPS) is 11.3. The van der Waals surface area contributed by atoms with Crippen LogP contribution in [0.15, 0.2) is 24.3 Å². The molecule has 0 spiro atoms. The fourth-order valence-electron chi connectivity index (χ4n) is 3.07. The van der Waals surface area contributed by atoms with E-state index in [0.29, 0.717) is 23.1 Å². The van der Waals surface area contributed by atoms with Gasteiger partial charge in [-0.1, -0.05) is 42.6 Å². The predicted molar refractivity (Wildman–Crippen MR) is 120 cm³/mol.